The van der Waals surface area contributed by atoms with Crippen molar-refractivity contribution in [2.24, 2.45) is 0 Å². The lowest BCUT2D eigenvalue weighted by Crippen LogP contribution is -2.43. The molecule has 0 aromatic heterocycles. The van der Waals surface area contributed by atoms with Crippen molar-refractivity contribution in [3.05, 3.63) is 40.3 Å². The molecule has 0 N–H and O–H groups in total. The zero-order chi connectivity index (χ0) is 14.6. The molecule has 1 saturated heterocycles. The van der Waals surface area contributed by atoms with Crippen LogP contribution in [0.3, 0.4) is 0 Å². The van der Waals surface area contributed by atoms with Crippen LogP contribution >= 0.6 is 11.6 Å². The fourth-order valence-corrected chi connectivity index (χ4v) is 3.73. The van der Waals surface area contributed by atoms with Crippen molar-refractivity contribution in [3.63, 3.8) is 0 Å². The first-order chi connectivity index (χ1) is 9.53. The number of hydrogen-bond donors (Lipinski definition) is 0. The van der Waals surface area contributed by atoms with Gasteiger partial charge in [-0.1, -0.05) is 30.2 Å². The van der Waals surface area contributed by atoms with E-state index >= 15 is 0 Å². The van der Waals surface area contributed by atoms with Crippen LogP contribution < -0.4 is 0 Å². The summed E-state index contributed by atoms with van der Waals surface area (Å²) >= 11 is 5.77. The highest BCUT2D eigenvalue weighted by Gasteiger charge is 2.30. The van der Waals surface area contributed by atoms with Gasteiger partial charge in [-0.3, -0.25) is 0 Å². The minimum atomic E-state index is -3.56. The SMILES string of the molecule is O=CC1CCCCN1S(=O)(=O)C=Cc1ccc(Cl)cc1. The molecule has 1 aliphatic heterocycles. The van der Waals surface area contributed by atoms with E-state index in [1.165, 1.54) is 10.4 Å². The van der Waals surface area contributed by atoms with E-state index in [9.17, 15) is 13.2 Å². The summed E-state index contributed by atoms with van der Waals surface area (Å²) in [6, 6.07) is 6.33. The largest absolute Gasteiger partial charge is 0.302 e. The molecule has 1 unspecified atom stereocenters. The summed E-state index contributed by atoms with van der Waals surface area (Å²) in [5.74, 6) is 0. The summed E-state index contributed by atoms with van der Waals surface area (Å²) in [6.45, 7) is 0.400. The maximum Gasteiger partial charge on any atom is 0.236 e. The van der Waals surface area contributed by atoms with Gasteiger partial charge in [-0.2, -0.15) is 4.31 Å². The van der Waals surface area contributed by atoms with Crippen molar-refractivity contribution in [1.29, 1.82) is 0 Å². The van der Waals surface area contributed by atoms with Gasteiger partial charge in [0.1, 0.15) is 6.29 Å². The lowest BCUT2D eigenvalue weighted by Gasteiger charge is -2.29. The molecule has 4 nitrogen and oxygen atoms in total. The molecule has 1 fully saturated rings. The first kappa shape index (κ1) is 15.2. The van der Waals surface area contributed by atoms with Crippen LogP contribution in [0.5, 0.6) is 0 Å². The Bertz CT molecular complexity index is 595. The van der Waals surface area contributed by atoms with Crippen LogP contribution in [0.25, 0.3) is 6.08 Å². The minimum Gasteiger partial charge on any atom is -0.302 e. The Kier molecular flexibility index (Phi) is 4.96. The second-order valence-electron chi connectivity index (χ2n) is 4.71. The Morgan fingerprint density at radius 3 is 2.55 bits per heavy atom. The molecule has 20 heavy (non-hydrogen) atoms. The minimum absolute atomic E-state index is 0.400. The molecular formula is C14H16ClNO3S. The predicted octanol–water partition coefficient (Wildman–Crippen LogP) is 2.69. The van der Waals surface area contributed by atoms with Gasteiger partial charge < -0.3 is 4.79 Å². The van der Waals surface area contributed by atoms with Gasteiger partial charge in [0.25, 0.3) is 0 Å². The van der Waals surface area contributed by atoms with E-state index in [1.54, 1.807) is 24.3 Å². The Morgan fingerprint density at radius 2 is 1.90 bits per heavy atom. The molecule has 0 aliphatic carbocycles. The molecule has 2 rings (SSSR count). The quantitative estimate of drug-likeness (QED) is 0.803. The second kappa shape index (κ2) is 6.52. The van der Waals surface area contributed by atoms with Gasteiger partial charge in [0, 0.05) is 17.0 Å². The van der Waals surface area contributed by atoms with E-state index < -0.39 is 16.1 Å². The lowest BCUT2D eigenvalue weighted by molar-refractivity contribution is -0.111. The maximum absolute atomic E-state index is 12.2. The number of sulfonamides is 1. The summed E-state index contributed by atoms with van der Waals surface area (Å²) in [7, 11) is -3.56. The number of hydrogen-bond acceptors (Lipinski definition) is 3. The van der Waals surface area contributed by atoms with E-state index in [4.69, 9.17) is 11.6 Å². The molecular weight excluding hydrogens is 298 g/mol. The van der Waals surface area contributed by atoms with Gasteiger partial charge in [-0.25, -0.2) is 8.42 Å². The fourth-order valence-electron chi connectivity index (χ4n) is 2.20. The summed E-state index contributed by atoms with van der Waals surface area (Å²) in [5.41, 5.74) is 0.748. The average molecular weight is 314 g/mol. The van der Waals surface area contributed by atoms with Crippen molar-refractivity contribution < 1.29 is 13.2 Å². The third-order valence-corrected chi connectivity index (χ3v) is 5.12. The van der Waals surface area contributed by atoms with Gasteiger partial charge in [-0.05, 0) is 36.6 Å². The van der Waals surface area contributed by atoms with Crippen LogP contribution in [-0.4, -0.2) is 31.6 Å². The van der Waals surface area contributed by atoms with Crippen molar-refractivity contribution in [2.45, 2.75) is 25.3 Å². The first-order valence-electron chi connectivity index (χ1n) is 6.44. The zero-order valence-corrected chi connectivity index (χ0v) is 12.5. The maximum atomic E-state index is 12.2. The summed E-state index contributed by atoms with van der Waals surface area (Å²) in [5, 5.41) is 1.75. The fraction of sp³-hybridized carbons (Fsp3) is 0.357. The predicted molar refractivity (Wildman–Crippen MR) is 79.8 cm³/mol. The number of rotatable bonds is 4. The monoisotopic (exact) mass is 313 g/mol. The molecule has 0 bridgehead atoms. The molecule has 0 spiro atoms. The van der Waals surface area contributed by atoms with E-state index in [-0.39, 0.29) is 0 Å². The third kappa shape index (κ3) is 3.69. The van der Waals surface area contributed by atoms with E-state index in [1.807, 2.05) is 0 Å². The van der Waals surface area contributed by atoms with Gasteiger partial charge in [0.15, 0.2) is 0 Å². The van der Waals surface area contributed by atoms with Crippen LogP contribution in [0.2, 0.25) is 5.02 Å². The molecule has 6 heteroatoms. The van der Waals surface area contributed by atoms with Crippen LogP contribution in [0, 0.1) is 0 Å². The van der Waals surface area contributed by atoms with Gasteiger partial charge in [0.2, 0.25) is 10.0 Å². The Balaban J connectivity index is 2.17. The van der Waals surface area contributed by atoms with Gasteiger partial charge in [0.05, 0.1) is 6.04 Å². The van der Waals surface area contributed by atoms with Gasteiger partial charge >= 0.3 is 0 Å². The molecule has 0 amide bonds. The van der Waals surface area contributed by atoms with Crippen LogP contribution in [0.15, 0.2) is 29.7 Å². The van der Waals surface area contributed by atoms with Crippen LogP contribution in [-0.2, 0) is 14.8 Å². The number of carbonyl (C=O) groups is 1. The summed E-state index contributed by atoms with van der Waals surface area (Å²) < 4.78 is 25.8. The Labute approximate surface area is 124 Å². The standard InChI is InChI=1S/C14H16ClNO3S/c15-13-6-4-12(5-7-13)8-10-20(18,19)16-9-2-1-3-14(16)11-17/h4-8,10-11,14H,1-3,9H2. The zero-order valence-electron chi connectivity index (χ0n) is 10.9. The summed E-state index contributed by atoms with van der Waals surface area (Å²) in [6.07, 6.45) is 4.50. The molecule has 1 aromatic rings. The van der Waals surface area contributed by atoms with Crippen LogP contribution in [0.1, 0.15) is 24.8 Å². The van der Waals surface area contributed by atoms with Crippen molar-refractivity contribution in [2.75, 3.05) is 6.54 Å². The van der Waals surface area contributed by atoms with Crippen molar-refractivity contribution in [3.8, 4) is 0 Å². The molecule has 1 aliphatic rings. The molecule has 0 saturated carbocycles. The highest BCUT2D eigenvalue weighted by molar-refractivity contribution is 7.92. The molecule has 108 valence electrons. The third-order valence-electron chi connectivity index (χ3n) is 3.28. The number of halogens is 1. The van der Waals surface area contributed by atoms with Crippen molar-refractivity contribution >= 4 is 34.0 Å². The topological polar surface area (TPSA) is 54.5 Å². The van der Waals surface area contributed by atoms with Crippen LogP contribution in [0.4, 0.5) is 0 Å². The molecule has 1 heterocycles. The molecule has 1 atom stereocenters. The van der Waals surface area contributed by atoms with Crippen molar-refractivity contribution in [1.82, 2.24) is 4.31 Å². The number of piperidine rings is 1. The Hall–Kier alpha value is -1.17. The van der Waals surface area contributed by atoms with E-state index in [0.717, 1.165) is 23.8 Å². The summed E-state index contributed by atoms with van der Waals surface area (Å²) in [4.78, 5) is 11.0. The Morgan fingerprint density at radius 1 is 1.20 bits per heavy atom. The smallest absolute Gasteiger partial charge is 0.236 e. The van der Waals surface area contributed by atoms with E-state index in [0.29, 0.717) is 24.3 Å². The average Bonchev–Trinajstić information content (AvgIpc) is 2.46. The first-order valence-corrected chi connectivity index (χ1v) is 8.32. The number of nitrogens with zero attached hydrogens (tertiary/aromatic N) is 1. The van der Waals surface area contributed by atoms with E-state index in [2.05, 4.69) is 0 Å². The lowest BCUT2D eigenvalue weighted by atomic mass is 10.1. The second-order valence-corrected chi connectivity index (χ2v) is 6.92. The highest BCUT2D eigenvalue weighted by atomic mass is 35.5. The number of benzene rings is 1. The molecule has 0 radical (unpaired) electrons. The number of carbonyl (C=O) groups excluding carboxylic acids is 1. The molecule has 1 aromatic carbocycles. The number of aldehydes is 1. The van der Waals surface area contributed by atoms with Gasteiger partial charge in [-0.15, -0.1) is 0 Å². The highest BCUT2D eigenvalue weighted by Crippen LogP contribution is 2.21. The normalized spacial score (nSPS) is 21.1.